The fourth-order valence-corrected chi connectivity index (χ4v) is 1.74. The van der Waals surface area contributed by atoms with Gasteiger partial charge >= 0.3 is 0 Å². The van der Waals surface area contributed by atoms with Crippen molar-refractivity contribution in [2.24, 2.45) is 0 Å². The van der Waals surface area contributed by atoms with Crippen LogP contribution in [0.1, 0.15) is 13.3 Å². The Kier molecular flexibility index (Phi) is 3.57. The molecule has 0 spiro atoms. The van der Waals surface area contributed by atoms with Crippen LogP contribution in [0.25, 0.3) is 10.9 Å². The van der Waals surface area contributed by atoms with E-state index in [0.717, 1.165) is 0 Å². The lowest BCUT2D eigenvalue weighted by atomic mass is 10.2. The van der Waals surface area contributed by atoms with E-state index >= 15 is 0 Å². The van der Waals surface area contributed by atoms with Crippen molar-refractivity contribution in [1.82, 2.24) is 9.55 Å². The number of aryl methyl sites for hydroxylation is 1. The molecule has 6 heteroatoms. The lowest BCUT2D eigenvalue weighted by Crippen LogP contribution is -2.19. The van der Waals surface area contributed by atoms with Crippen molar-refractivity contribution >= 4 is 22.5 Å². The minimum absolute atomic E-state index is 0.109. The van der Waals surface area contributed by atoms with Crippen molar-refractivity contribution in [3.8, 4) is 6.07 Å². The first-order valence-corrected chi connectivity index (χ1v) is 5.81. The number of hydrogen-bond donors (Lipinski definition) is 1. The maximum Gasteiger partial charge on any atom is 0.261 e. The van der Waals surface area contributed by atoms with Gasteiger partial charge in [-0.3, -0.25) is 14.2 Å². The van der Waals surface area contributed by atoms with Crippen molar-refractivity contribution < 1.29 is 4.79 Å². The predicted molar refractivity (Wildman–Crippen MR) is 70.5 cm³/mol. The van der Waals surface area contributed by atoms with Crippen molar-refractivity contribution in [2.75, 3.05) is 5.32 Å². The fraction of sp³-hybridized carbons (Fsp3) is 0.231. The van der Waals surface area contributed by atoms with E-state index in [4.69, 9.17) is 5.26 Å². The highest BCUT2D eigenvalue weighted by atomic mass is 16.1. The number of nitrogens with zero attached hydrogens (tertiary/aromatic N) is 3. The molecule has 2 rings (SSSR count). The zero-order valence-corrected chi connectivity index (χ0v) is 10.4. The van der Waals surface area contributed by atoms with Crippen LogP contribution in [0.5, 0.6) is 0 Å². The molecular formula is C13H12N4O2. The van der Waals surface area contributed by atoms with Crippen LogP contribution < -0.4 is 10.9 Å². The normalized spacial score (nSPS) is 10.1. The summed E-state index contributed by atoms with van der Waals surface area (Å²) < 4.78 is 1.51. The van der Waals surface area contributed by atoms with Crippen molar-refractivity contribution in [3.05, 3.63) is 34.9 Å². The van der Waals surface area contributed by atoms with E-state index in [9.17, 15) is 9.59 Å². The highest BCUT2D eigenvalue weighted by molar-refractivity contribution is 5.94. The number of benzene rings is 1. The maximum absolute atomic E-state index is 12.0. The lowest BCUT2D eigenvalue weighted by Gasteiger charge is -2.06. The second kappa shape index (κ2) is 5.31. The Balaban J connectivity index is 2.40. The van der Waals surface area contributed by atoms with Gasteiger partial charge < -0.3 is 5.32 Å². The summed E-state index contributed by atoms with van der Waals surface area (Å²) in [5.74, 6) is -0.385. The quantitative estimate of drug-likeness (QED) is 0.895. The van der Waals surface area contributed by atoms with Gasteiger partial charge in [0.05, 0.1) is 23.3 Å². The SMILES string of the molecule is CCn1cnc2cc(NC(=O)CC#N)ccc2c1=O. The van der Waals surface area contributed by atoms with E-state index in [0.29, 0.717) is 23.1 Å². The molecule has 19 heavy (non-hydrogen) atoms. The zero-order chi connectivity index (χ0) is 13.8. The molecule has 0 aliphatic rings. The van der Waals surface area contributed by atoms with Gasteiger partial charge in [-0.25, -0.2) is 4.98 Å². The highest BCUT2D eigenvalue weighted by Crippen LogP contribution is 2.14. The molecule has 0 atom stereocenters. The number of carbonyl (C=O) groups is 1. The molecule has 0 radical (unpaired) electrons. The van der Waals surface area contributed by atoms with Gasteiger partial charge in [0.2, 0.25) is 5.91 Å². The molecule has 1 amide bonds. The summed E-state index contributed by atoms with van der Waals surface area (Å²) in [5.41, 5.74) is 0.931. The molecule has 2 aromatic rings. The summed E-state index contributed by atoms with van der Waals surface area (Å²) in [5, 5.41) is 11.5. The van der Waals surface area contributed by atoms with Gasteiger partial charge in [0, 0.05) is 12.2 Å². The minimum Gasteiger partial charge on any atom is -0.325 e. The molecule has 1 aromatic heterocycles. The number of anilines is 1. The van der Waals surface area contributed by atoms with Gasteiger partial charge in [-0.1, -0.05) is 0 Å². The van der Waals surface area contributed by atoms with Gasteiger partial charge in [-0.05, 0) is 25.1 Å². The van der Waals surface area contributed by atoms with Crippen LogP contribution in [0, 0.1) is 11.3 Å². The Hall–Kier alpha value is -2.68. The zero-order valence-electron chi connectivity index (χ0n) is 10.4. The van der Waals surface area contributed by atoms with Gasteiger partial charge in [-0.2, -0.15) is 5.26 Å². The van der Waals surface area contributed by atoms with Gasteiger partial charge in [-0.15, -0.1) is 0 Å². The van der Waals surface area contributed by atoms with Crippen LogP contribution in [0.4, 0.5) is 5.69 Å². The summed E-state index contributed by atoms with van der Waals surface area (Å²) >= 11 is 0. The van der Waals surface area contributed by atoms with Crippen molar-refractivity contribution in [2.45, 2.75) is 19.9 Å². The molecule has 0 fully saturated rings. The van der Waals surface area contributed by atoms with Crippen LogP contribution in [0.2, 0.25) is 0 Å². The minimum atomic E-state index is -0.385. The Morgan fingerprint density at radius 1 is 1.53 bits per heavy atom. The predicted octanol–water partition coefficient (Wildman–Crippen LogP) is 1.27. The van der Waals surface area contributed by atoms with Crippen molar-refractivity contribution in [3.63, 3.8) is 0 Å². The van der Waals surface area contributed by atoms with Crippen LogP contribution in [-0.4, -0.2) is 15.5 Å². The highest BCUT2D eigenvalue weighted by Gasteiger charge is 2.06. The van der Waals surface area contributed by atoms with Gasteiger partial charge in [0.1, 0.15) is 6.42 Å². The molecular weight excluding hydrogens is 244 g/mol. The Morgan fingerprint density at radius 2 is 2.32 bits per heavy atom. The Bertz CT molecular complexity index is 727. The van der Waals surface area contributed by atoms with E-state index in [1.807, 2.05) is 6.92 Å². The summed E-state index contributed by atoms with van der Waals surface area (Å²) in [6, 6.07) is 6.63. The van der Waals surface area contributed by atoms with E-state index in [2.05, 4.69) is 10.3 Å². The number of nitrogens with one attached hydrogen (secondary N) is 1. The maximum atomic E-state index is 12.0. The first-order chi connectivity index (χ1) is 9.15. The van der Waals surface area contributed by atoms with Gasteiger partial charge in [0.15, 0.2) is 0 Å². The number of amides is 1. The molecule has 96 valence electrons. The molecule has 0 bridgehead atoms. The second-order valence-corrected chi connectivity index (χ2v) is 3.95. The van der Waals surface area contributed by atoms with E-state index in [1.54, 1.807) is 24.3 Å². The van der Waals surface area contributed by atoms with E-state index in [-0.39, 0.29) is 17.9 Å². The third kappa shape index (κ3) is 2.60. The third-order valence-corrected chi connectivity index (χ3v) is 2.69. The molecule has 1 aromatic carbocycles. The van der Waals surface area contributed by atoms with Crippen LogP contribution >= 0.6 is 0 Å². The average molecular weight is 256 g/mol. The van der Waals surface area contributed by atoms with E-state index < -0.39 is 0 Å². The monoisotopic (exact) mass is 256 g/mol. The van der Waals surface area contributed by atoms with Gasteiger partial charge in [0.25, 0.3) is 5.56 Å². The Morgan fingerprint density at radius 3 is 3.00 bits per heavy atom. The topological polar surface area (TPSA) is 87.8 Å². The first kappa shape index (κ1) is 12.8. The lowest BCUT2D eigenvalue weighted by molar-refractivity contribution is -0.115. The number of nitriles is 1. The van der Waals surface area contributed by atoms with Crippen molar-refractivity contribution in [1.29, 1.82) is 5.26 Å². The first-order valence-electron chi connectivity index (χ1n) is 5.81. The summed E-state index contributed by atoms with van der Waals surface area (Å²) in [7, 11) is 0. The summed E-state index contributed by atoms with van der Waals surface area (Å²) in [6.45, 7) is 2.42. The second-order valence-electron chi connectivity index (χ2n) is 3.95. The molecule has 1 heterocycles. The molecule has 0 aliphatic carbocycles. The average Bonchev–Trinajstić information content (AvgIpc) is 2.39. The number of hydrogen-bond acceptors (Lipinski definition) is 4. The third-order valence-electron chi connectivity index (χ3n) is 2.69. The summed E-state index contributed by atoms with van der Waals surface area (Å²) in [4.78, 5) is 27.5. The molecule has 0 unspecified atom stereocenters. The van der Waals surface area contributed by atoms with Crippen LogP contribution in [-0.2, 0) is 11.3 Å². The smallest absolute Gasteiger partial charge is 0.261 e. The fourth-order valence-electron chi connectivity index (χ4n) is 1.74. The standard InChI is InChI=1S/C13H12N4O2/c1-2-17-8-15-11-7-9(16-12(18)5-6-14)3-4-10(11)13(17)19/h3-4,7-8H,2,5H2,1H3,(H,16,18). The van der Waals surface area contributed by atoms with Crippen LogP contribution in [0.3, 0.4) is 0 Å². The van der Waals surface area contributed by atoms with Crippen LogP contribution in [0.15, 0.2) is 29.3 Å². The summed E-state index contributed by atoms with van der Waals surface area (Å²) in [6.07, 6.45) is 1.27. The molecule has 0 saturated carbocycles. The Labute approximate surface area is 109 Å². The number of fused-ring (bicyclic) bond motifs is 1. The molecule has 6 nitrogen and oxygen atoms in total. The number of carbonyl (C=O) groups excluding carboxylic acids is 1. The molecule has 1 N–H and O–H groups in total. The largest absolute Gasteiger partial charge is 0.325 e. The van der Waals surface area contributed by atoms with E-state index in [1.165, 1.54) is 10.9 Å². The molecule has 0 saturated heterocycles. The molecule has 0 aliphatic heterocycles. The number of aromatic nitrogens is 2. The number of rotatable bonds is 3.